The van der Waals surface area contributed by atoms with Crippen molar-refractivity contribution in [3.63, 3.8) is 0 Å². The molecular weight excluding hydrogens is 334 g/mol. The monoisotopic (exact) mass is 355 g/mol. The van der Waals surface area contributed by atoms with Crippen LogP contribution in [0, 0.1) is 24.7 Å². The number of amides is 2. The fourth-order valence-corrected chi connectivity index (χ4v) is 4.50. The molecule has 1 aliphatic carbocycles. The van der Waals surface area contributed by atoms with Crippen molar-refractivity contribution in [2.45, 2.75) is 13.3 Å². The van der Waals surface area contributed by atoms with Crippen LogP contribution in [-0.4, -0.2) is 41.3 Å². The Bertz CT molecular complexity index is 743. The Morgan fingerprint density at radius 3 is 2.40 bits per heavy atom. The molecule has 1 saturated heterocycles. The molecule has 2 aromatic rings. The summed E-state index contributed by atoms with van der Waals surface area (Å²) >= 11 is 1.63. The summed E-state index contributed by atoms with van der Waals surface area (Å²) in [5.74, 6) is 1.66. The molecule has 2 aliphatic heterocycles. The zero-order chi connectivity index (χ0) is 17.4. The molecule has 0 bridgehead atoms. The molecule has 1 saturated carbocycles. The van der Waals surface area contributed by atoms with E-state index in [1.54, 1.807) is 23.5 Å². The van der Waals surface area contributed by atoms with Crippen LogP contribution in [-0.2, 0) is 0 Å². The third-order valence-corrected chi connectivity index (χ3v) is 6.08. The van der Waals surface area contributed by atoms with Gasteiger partial charge in [-0.3, -0.25) is 19.5 Å². The molecule has 1 N–H and O–H groups in total. The van der Waals surface area contributed by atoms with Crippen LogP contribution in [0.4, 0.5) is 0 Å². The minimum absolute atomic E-state index is 0.114. The Kier molecular flexibility index (Phi) is 4.39. The molecule has 5 nitrogen and oxygen atoms in total. The van der Waals surface area contributed by atoms with Gasteiger partial charge in [0.05, 0.1) is 16.6 Å². The zero-order valence-corrected chi connectivity index (χ0v) is 15.0. The maximum Gasteiger partial charge on any atom is 0.261 e. The van der Waals surface area contributed by atoms with Gasteiger partial charge in [0.25, 0.3) is 11.8 Å². The summed E-state index contributed by atoms with van der Waals surface area (Å²) in [7, 11) is 0. The lowest BCUT2D eigenvalue weighted by Gasteiger charge is -2.13. The predicted octanol–water partition coefficient (Wildman–Crippen LogP) is 2.59. The van der Waals surface area contributed by atoms with Crippen LogP contribution in [0.15, 0.2) is 35.2 Å². The van der Waals surface area contributed by atoms with Crippen LogP contribution in [0.5, 0.6) is 0 Å². The van der Waals surface area contributed by atoms with Gasteiger partial charge in [-0.25, -0.2) is 0 Å². The van der Waals surface area contributed by atoms with Crippen LogP contribution >= 0.6 is 11.3 Å². The van der Waals surface area contributed by atoms with Crippen LogP contribution in [0.25, 0.3) is 0 Å². The Hall–Kier alpha value is -2.05. The molecule has 130 valence electrons. The molecular formula is C19H21N3O2S. The Labute approximate surface area is 151 Å². The number of rotatable bonds is 2. The van der Waals surface area contributed by atoms with Gasteiger partial charge in [0.15, 0.2) is 0 Å². The molecule has 3 unspecified atom stereocenters. The number of carbonyl (C=O) groups is 2. The zero-order valence-electron chi connectivity index (χ0n) is 14.1. The molecule has 25 heavy (non-hydrogen) atoms. The fourth-order valence-electron chi connectivity index (χ4n) is 3.95. The van der Waals surface area contributed by atoms with Gasteiger partial charge in [0.1, 0.15) is 0 Å². The summed E-state index contributed by atoms with van der Waals surface area (Å²) in [5.41, 5.74) is 4.07. The van der Waals surface area contributed by atoms with E-state index in [0.29, 0.717) is 35.4 Å². The van der Waals surface area contributed by atoms with Crippen LogP contribution in [0.3, 0.4) is 0 Å². The first kappa shape index (κ1) is 16.4. The second kappa shape index (κ2) is 6.69. The number of benzene rings is 1. The second-order valence-electron chi connectivity index (χ2n) is 6.88. The molecule has 3 heterocycles. The first-order valence-corrected chi connectivity index (χ1v) is 9.62. The summed E-state index contributed by atoms with van der Waals surface area (Å²) in [6, 6.07) is 7.12. The molecule has 3 atom stereocenters. The van der Waals surface area contributed by atoms with Crippen molar-refractivity contribution < 1.29 is 9.59 Å². The minimum atomic E-state index is -0.114. The summed E-state index contributed by atoms with van der Waals surface area (Å²) in [6.07, 6.45) is 1.18. The van der Waals surface area contributed by atoms with Crippen molar-refractivity contribution in [3.05, 3.63) is 52.0 Å². The van der Waals surface area contributed by atoms with Crippen molar-refractivity contribution in [1.29, 1.82) is 0 Å². The number of piperidine rings is 1. The average Bonchev–Trinajstić information content (AvgIpc) is 3.01. The maximum absolute atomic E-state index is 12.3. The van der Waals surface area contributed by atoms with E-state index in [1.807, 2.05) is 29.9 Å². The molecule has 5 rings (SSSR count). The Morgan fingerprint density at radius 2 is 1.92 bits per heavy atom. The molecule has 1 aromatic carbocycles. The average molecular weight is 355 g/mol. The lowest BCUT2D eigenvalue weighted by Crippen LogP contribution is -2.32. The van der Waals surface area contributed by atoms with E-state index in [2.05, 4.69) is 10.3 Å². The number of nitrogens with zero attached hydrogens (tertiary/aromatic N) is 2. The van der Waals surface area contributed by atoms with Crippen LogP contribution in [0.2, 0.25) is 0 Å². The number of thiazole rings is 1. The van der Waals surface area contributed by atoms with Crippen LogP contribution < -0.4 is 5.32 Å². The Morgan fingerprint density at radius 1 is 1.20 bits per heavy atom. The molecule has 6 heteroatoms. The number of carbonyl (C=O) groups excluding carboxylic acids is 2. The van der Waals surface area contributed by atoms with E-state index >= 15 is 0 Å². The molecule has 3 aliphatic rings. The quantitative estimate of drug-likeness (QED) is 0.841. The highest BCUT2D eigenvalue weighted by Crippen LogP contribution is 2.50. The van der Waals surface area contributed by atoms with Crippen molar-refractivity contribution in [1.82, 2.24) is 15.2 Å². The number of aryl methyl sites for hydroxylation is 1. The lowest BCUT2D eigenvalue weighted by molar-refractivity contribution is 0.0643. The summed E-state index contributed by atoms with van der Waals surface area (Å²) in [5, 5.41) is 5.40. The maximum atomic E-state index is 12.3. The SMILES string of the molecule is Cc1cscn1.O=C1c2ccccc2C(=O)N1CC1C2CCNCC21. The van der Waals surface area contributed by atoms with Gasteiger partial charge in [0, 0.05) is 17.6 Å². The second-order valence-corrected chi connectivity index (χ2v) is 7.60. The summed E-state index contributed by atoms with van der Waals surface area (Å²) in [4.78, 5) is 29.9. The van der Waals surface area contributed by atoms with Crippen molar-refractivity contribution in [2.24, 2.45) is 17.8 Å². The van der Waals surface area contributed by atoms with Gasteiger partial charge in [0.2, 0.25) is 0 Å². The number of imide groups is 1. The number of hydrogen-bond donors (Lipinski definition) is 1. The molecule has 1 aromatic heterocycles. The topological polar surface area (TPSA) is 62.3 Å². The van der Waals surface area contributed by atoms with E-state index in [-0.39, 0.29) is 11.8 Å². The molecule has 0 radical (unpaired) electrons. The van der Waals surface area contributed by atoms with Gasteiger partial charge >= 0.3 is 0 Å². The van der Waals surface area contributed by atoms with E-state index in [9.17, 15) is 9.59 Å². The first-order chi connectivity index (χ1) is 12.2. The fraction of sp³-hybridized carbons (Fsp3) is 0.421. The van der Waals surface area contributed by atoms with E-state index in [1.165, 1.54) is 11.3 Å². The number of nitrogens with one attached hydrogen (secondary N) is 1. The van der Waals surface area contributed by atoms with Crippen molar-refractivity contribution >= 4 is 23.2 Å². The van der Waals surface area contributed by atoms with E-state index < -0.39 is 0 Å². The van der Waals surface area contributed by atoms with Crippen molar-refractivity contribution in [3.8, 4) is 0 Å². The van der Waals surface area contributed by atoms with Crippen LogP contribution in [0.1, 0.15) is 32.8 Å². The standard InChI is InChI=1S/C15H16N2O2.C4H5NS/c18-14-10-3-1-2-4-11(10)15(19)17(14)8-13-9-5-6-16-7-12(9)13;1-4-2-6-3-5-4/h1-4,9,12-13,16H,5-8H2;2-3H,1H3. The molecule has 0 spiro atoms. The van der Waals surface area contributed by atoms with E-state index in [4.69, 9.17) is 0 Å². The summed E-state index contributed by atoms with van der Waals surface area (Å²) in [6.45, 7) is 4.69. The van der Waals surface area contributed by atoms with Gasteiger partial charge in [-0.05, 0) is 56.3 Å². The smallest absolute Gasteiger partial charge is 0.261 e. The third-order valence-electron chi connectivity index (χ3n) is 5.37. The van der Waals surface area contributed by atoms with Gasteiger partial charge in [-0.2, -0.15) is 0 Å². The number of hydrogen-bond acceptors (Lipinski definition) is 5. The molecule has 2 fully saturated rings. The number of aromatic nitrogens is 1. The normalized spacial score (nSPS) is 26.6. The number of fused-ring (bicyclic) bond motifs is 2. The third kappa shape index (κ3) is 3.12. The highest BCUT2D eigenvalue weighted by Gasteiger charge is 2.53. The highest BCUT2D eigenvalue weighted by molar-refractivity contribution is 7.07. The predicted molar refractivity (Wildman–Crippen MR) is 96.6 cm³/mol. The Balaban J connectivity index is 0.000000223. The highest BCUT2D eigenvalue weighted by atomic mass is 32.1. The lowest BCUT2D eigenvalue weighted by atomic mass is 10.1. The molecule has 2 amide bonds. The van der Waals surface area contributed by atoms with E-state index in [0.717, 1.165) is 18.8 Å². The van der Waals surface area contributed by atoms with Crippen molar-refractivity contribution in [2.75, 3.05) is 19.6 Å². The van der Waals surface area contributed by atoms with Gasteiger partial charge in [-0.1, -0.05) is 12.1 Å². The van der Waals surface area contributed by atoms with Gasteiger partial charge in [-0.15, -0.1) is 11.3 Å². The summed E-state index contributed by atoms with van der Waals surface area (Å²) < 4.78 is 0. The first-order valence-electron chi connectivity index (χ1n) is 8.67. The van der Waals surface area contributed by atoms with Gasteiger partial charge < -0.3 is 5.32 Å². The largest absolute Gasteiger partial charge is 0.316 e. The minimum Gasteiger partial charge on any atom is -0.316 e.